The molecule has 0 radical (unpaired) electrons. The van der Waals surface area contributed by atoms with Crippen LogP contribution < -0.4 is 14.8 Å². The van der Waals surface area contributed by atoms with Crippen LogP contribution in [0, 0.1) is 11.3 Å². The molecule has 0 aliphatic heterocycles. The molecule has 0 spiro atoms. The number of anilines is 1. The fraction of sp³-hybridized carbons (Fsp3) is 0.111. The van der Waals surface area contributed by atoms with E-state index in [4.69, 9.17) is 21.1 Å². The average molecular weight is 359 g/mol. The molecule has 2 N–H and O–H groups in total. The molecule has 0 atom stereocenters. The van der Waals surface area contributed by atoms with E-state index >= 15 is 0 Å². The lowest BCUT2D eigenvalue weighted by molar-refractivity contribution is -0.112. The monoisotopic (exact) mass is 358 g/mol. The fourth-order valence-electron chi connectivity index (χ4n) is 2.05. The number of rotatable bonds is 5. The normalized spacial score (nSPS) is 10.7. The molecule has 0 heterocycles. The molecule has 2 aromatic rings. The molecule has 0 fully saturated rings. The predicted octanol–water partition coefficient (Wildman–Crippen LogP) is 3.61. The molecule has 128 valence electrons. The maximum Gasteiger partial charge on any atom is 0.266 e. The van der Waals surface area contributed by atoms with Gasteiger partial charge >= 0.3 is 0 Å². The summed E-state index contributed by atoms with van der Waals surface area (Å²) in [5, 5.41) is 21.7. The van der Waals surface area contributed by atoms with E-state index in [1.165, 1.54) is 32.4 Å². The van der Waals surface area contributed by atoms with Crippen molar-refractivity contribution in [2.45, 2.75) is 0 Å². The molecule has 25 heavy (non-hydrogen) atoms. The van der Waals surface area contributed by atoms with Crippen molar-refractivity contribution in [3.63, 3.8) is 0 Å². The number of nitrogens with one attached hydrogen (secondary N) is 1. The van der Waals surface area contributed by atoms with Crippen LogP contribution in [-0.4, -0.2) is 25.2 Å². The lowest BCUT2D eigenvalue weighted by Gasteiger charge is -2.08. The molecule has 0 saturated heterocycles. The summed E-state index contributed by atoms with van der Waals surface area (Å²) in [6.07, 6.45) is 1.35. The second kappa shape index (κ2) is 8.08. The minimum Gasteiger partial charge on any atom is -0.503 e. The van der Waals surface area contributed by atoms with Crippen LogP contribution in [0.25, 0.3) is 6.08 Å². The van der Waals surface area contributed by atoms with E-state index in [2.05, 4.69) is 5.32 Å². The number of carbonyl (C=O) groups excluding carboxylic acids is 1. The second-order valence-electron chi connectivity index (χ2n) is 4.91. The van der Waals surface area contributed by atoms with E-state index in [-0.39, 0.29) is 22.1 Å². The molecule has 7 heteroatoms. The number of nitrogens with zero attached hydrogens (tertiary/aromatic N) is 1. The average Bonchev–Trinajstić information content (AvgIpc) is 2.62. The Morgan fingerprint density at radius 3 is 2.68 bits per heavy atom. The molecule has 6 nitrogen and oxygen atoms in total. The van der Waals surface area contributed by atoms with Crippen LogP contribution in [0.1, 0.15) is 5.56 Å². The van der Waals surface area contributed by atoms with Gasteiger partial charge in [0.1, 0.15) is 17.4 Å². The van der Waals surface area contributed by atoms with Gasteiger partial charge < -0.3 is 19.9 Å². The number of aromatic hydroxyl groups is 1. The first-order valence-corrected chi connectivity index (χ1v) is 7.50. The van der Waals surface area contributed by atoms with Crippen LogP contribution in [0.5, 0.6) is 17.2 Å². The van der Waals surface area contributed by atoms with Gasteiger partial charge in [0, 0.05) is 11.8 Å². The Balaban J connectivity index is 2.29. The largest absolute Gasteiger partial charge is 0.503 e. The van der Waals surface area contributed by atoms with Crippen molar-refractivity contribution < 1.29 is 19.4 Å². The highest BCUT2D eigenvalue weighted by atomic mass is 35.5. The summed E-state index contributed by atoms with van der Waals surface area (Å²) < 4.78 is 10.1. The van der Waals surface area contributed by atoms with Crippen molar-refractivity contribution in [1.82, 2.24) is 0 Å². The molecule has 0 aliphatic rings. The molecule has 2 aromatic carbocycles. The molecule has 0 aliphatic carbocycles. The molecule has 0 bridgehead atoms. The summed E-state index contributed by atoms with van der Waals surface area (Å²) in [6.45, 7) is 0. The molecule has 0 aromatic heterocycles. The minimum atomic E-state index is -0.584. The Labute approximate surface area is 149 Å². The zero-order valence-electron chi connectivity index (χ0n) is 13.5. The number of benzene rings is 2. The summed E-state index contributed by atoms with van der Waals surface area (Å²) in [4.78, 5) is 12.3. The number of carbonyl (C=O) groups is 1. The van der Waals surface area contributed by atoms with Gasteiger partial charge in [0.15, 0.2) is 11.5 Å². The zero-order valence-corrected chi connectivity index (χ0v) is 14.3. The number of phenols is 1. The number of methoxy groups -OCH3 is 2. The van der Waals surface area contributed by atoms with Crippen molar-refractivity contribution in [3.05, 3.63) is 52.6 Å². The first-order chi connectivity index (χ1) is 12.0. The fourth-order valence-corrected chi connectivity index (χ4v) is 2.27. The van der Waals surface area contributed by atoms with Crippen molar-refractivity contribution in [2.75, 3.05) is 19.5 Å². The van der Waals surface area contributed by atoms with Crippen molar-refractivity contribution >= 4 is 29.3 Å². The Hall–Kier alpha value is -3.17. The molecular weight excluding hydrogens is 344 g/mol. The van der Waals surface area contributed by atoms with Crippen LogP contribution in [0.4, 0.5) is 5.69 Å². The number of phenolic OH excluding ortho intramolecular Hbond substituents is 1. The Bertz CT molecular complexity index is 872. The van der Waals surface area contributed by atoms with Crippen molar-refractivity contribution in [2.24, 2.45) is 0 Å². The molecule has 0 unspecified atom stereocenters. The first-order valence-electron chi connectivity index (χ1n) is 7.12. The van der Waals surface area contributed by atoms with Gasteiger partial charge in [-0.2, -0.15) is 5.26 Å². The van der Waals surface area contributed by atoms with Gasteiger partial charge in [-0.3, -0.25) is 4.79 Å². The van der Waals surface area contributed by atoms with Crippen LogP contribution in [0.15, 0.2) is 42.0 Å². The Kier molecular flexibility index (Phi) is 5.88. The summed E-state index contributed by atoms with van der Waals surface area (Å²) in [5.74, 6) is -0.0702. The van der Waals surface area contributed by atoms with Gasteiger partial charge in [-0.1, -0.05) is 17.7 Å². The number of hydrogen-bond donors (Lipinski definition) is 2. The van der Waals surface area contributed by atoms with Crippen molar-refractivity contribution in [3.8, 4) is 23.3 Å². The third-order valence-corrected chi connectivity index (χ3v) is 3.56. The summed E-state index contributed by atoms with van der Waals surface area (Å²) in [7, 11) is 2.89. The van der Waals surface area contributed by atoms with E-state index in [0.717, 1.165) is 0 Å². The van der Waals surface area contributed by atoms with E-state index < -0.39 is 5.91 Å². The zero-order chi connectivity index (χ0) is 18.4. The number of nitriles is 1. The third kappa shape index (κ3) is 4.43. The van der Waals surface area contributed by atoms with Crippen molar-refractivity contribution in [1.29, 1.82) is 5.26 Å². The molecule has 1 amide bonds. The summed E-state index contributed by atoms with van der Waals surface area (Å²) in [6, 6.07) is 11.5. The van der Waals surface area contributed by atoms with Crippen LogP contribution in [0.2, 0.25) is 5.02 Å². The minimum absolute atomic E-state index is 0.0519. The lowest BCUT2D eigenvalue weighted by Crippen LogP contribution is -2.13. The van der Waals surface area contributed by atoms with Gasteiger partial charge in [-0.15, -0.1) is 0 Å². The highest BCUT2D eigenvalue weighted by Gasteiger charge is 2.13. The topological polar surface area (TPSA) is 91.6 Å². The smallest absolute Gasteiger partial charge is 0.266 e. The quantitative estimate of drug-likeness (QED) is 0.629. The van der Waals surface area contributed by atoms with Crippen LogP contribution in [-0.2, 0) is 4.79 Å². The van der Waals surface area contributed by atoms with Crippen LogP contribution >= 0.6 is 11.6 Å². The van der Waals surface area contributed by atoms with Gasteiger partial charge in [-0.25, -0.2) is 0 Å². The molecular formula is C18H15ClN2O4. The van der Waals surface area contributed by atoms with Gasteiger partial charge in [-0.05, 0) is 35.9 Å². The Morgan fingerprint density at radius 2 is 2.04 bits per heavy atom. The Morgan fingerprint density at radius 1 is 1.28 bits per heavy atom. The van der Waals surface area contributed by atoms with E-state index in [0.29, 0.717) is 17.0 Å². The number of halogens is 1. The van der Waals surface area contributed by atoms with Crippen LogP contribution in [0.3, 0.4) is 0 Å². The van der Waals surface area contributed by atoms with E-state index in [9.17, 15) is 15.2 Å². The van der Waals surface area contributed by atoms with Gasteiger partial charge in [0.25, 0.3) is 5.91 Å². The number of hydrogen-bond acceptors (Lipinski definition) is 5. The summed E-state index contributed by atoms with van der Waals surface area (Å²) in [5.41, 5.74) is 0.801. The number of ether oxygens (including phenoxy) is 2. The SMILES string of the molecule is COc1cccc(NC(=O)/C(C#N)=C/c2cc(Cl)c(O)c(OC)c2)c1. The number of amides is 1. The maximum atomic E-state index is 12.3. The van der Waals surface area contributed by atoms with E-state index in [1.54, 1.807) is 24.3 Å². The van der Waals surface area contributed by atoms with Gasteiger partial charge in [0.2, 0.25) is 0 Å². The predicted molar refractivity (Wildman–Crippen MR) is 94.9 cm³/mol. The summed E-state index contributed by atoms with van der Waals surface area (Å²) >= 11 is 5.91. The first kappa shape index (κ1) is 18.2. The maximum absolute atomic E-state index is 12.3. The molecule has 0 saturated carbocycles. The second-order valence-corrected chi connectivity index (χ2v) is 5.32. The highest BCUT2D eigenvalue weighted by Crippen LogP contribution is 2.35. The van der Waals surface area contributed by atoms with E-state index in [1.807, 2.05) is 6.07 Å². The van der Waals surface area contributed by atoms with Gasteiger partial charge in [0.05, 0.1) is 19.2 Å². The standard InChI is InChI=1S/C18H15ClN2O4/c1-24-14-5-3-4-13(9-14)21-18(23)12(10-20)6-11-7-15(19)17(22)16(8-11)25-2/h3-9,22H,1-2H3,(H,21,23)/b12-6+. The lowest BCUT2D eigenvalue weighted by atomic mass is 10.1. The molecule has 2 rings (SSSR count). The highest BCUT2D eigenvalue weighted by molar-refractivity contribution is 6.32. The third-order valence-electron chi connectivity index (χ3n) is 3.27.